The average molecular weight is 215 g/mol. The number of nitrogens with zero attached hydrogens (tertiary/aromatic N) is 2. The van der Waals surface area contributed by atoms with Crippen LogP contribution in [0.25, 0.3) is 11.3 Å². The van der Waals surface area contributed by atoms with E-state index in [0.29, 0.717) is 0 Å². The van der Waals surface area contributed by atoms with Crippen LogP contribution in [0.15, 0.2) is 36.8 Å². The van der Waals surface area contributed by atoms with Gasteiger partial charge in [-0.05, 0) is 32.9 Å². The summed E-state index contributed by atoms with van der Waals surface area (Å²) in [5.74, 6) is 0. The van der Waals surface area contributed by atoms with Crippen molar-refractivity contribution in [3.8, 4) is 11.3 Å². The van der Waals surface area contributed by atoms with Crippen molar-refractivity contribution in [3.05, 3.63) is 36.8 Å². The number of aromatic nitrogens is 2. The van der Waals surface area contributed by atoms with E-state index in [9.17, 15) is 0 Å². The molecule has 1 aromatic carbocycles. The van der Waals surface area contributed by atoms with Gasteiger partial charge >= 0.3 is 0 Å². The Labute approximate surface area is 95.9 Å². The molecule has 1 aromatic heterocycles. The molecule has 0 atom stereocenters. The summed E-state index contributed by atoms with van der Waals surface area (Å²) in [7, 11) is 0. The molecule has 0 unspecified atom stereocenters. The molecule has 84 valence electrons. The van der Waals surface area contributed by atoms with Crippen LogP contribution in [0.1, 0.15) is 20.8 Å². The van der Waals surface area contributed by atoms with Crippen LogP contribution in [0.2, 0.25) is 0 Å². The van der Waals surface area contributed by atoms with Crippen LogP contribution in [0, 0.1) is 0 Å². The first kappa shape index (κ1) is 10.7. The minimum atomic E-state index is 0.0242. The van der Waals surface area contributed by atoms with E-state index in [4.69, 9.17) is 5.73 Å². The maximum absolute atomic E-state index is 5.79. The third-order valence-electron chi connectivity index (χ3n) is 2.54. The Morgan fingerprint density at radius 2 is 2.00 bits per heavy atom. The zero-order valence-electron chi connectivity index (χ0n) is 9.94. The molecule has 2 aromatic rings. The molecule has 1 heterocycles. The summed E-state index contributed by atoms with van der Waals surface area (Å²) in [6, 6.07) is 7.88. The Kier molecular flexibility index (Phi) is 2.46. The normalized spacial score (nSPS) is 11.7. The van der Waals surface area contributed by atoms with Gasteiger partial charge in [0.25, 0.3) is 0 Å². The number of hydrogen-bond acceptors (Lipinski definition) is 2. The molecule has 3 nitrogen and oxygen atoms in total. The van der Waals surface area contributed by atoms with Gasteiger partial charge in [-0.3, -0.25) is 0 Å². The summed E-state index contributed by atoms with van der Waals surface area (Å²) in [5, 5.41) is 0. The molecule has 0 saturated heterocycles. The van der Waals surface area contributed by atoms with Gasteiger partial charge in [0.15, 0.2) is 0 Å². The van der Waals surface area contributed by atoms with E-state index in [-0.39, 0.29) is 5.54 Å². The number of benzene rings is 1. The number of imidazole rings is 1. The van der Waals surface area contributed by atoms with Crippen molar-refractivity contribution < 1.29 is 0 Å². The van der Waals surface area contributed by atoms with E-state index >= 15 is 0 Å². The highest BCUT2D eigenvalue weighted by Gasteiger charge is 2.17. The van der Waals surface area contributed by atoms with Crippen molar-refractivity contribution in [2.75, 3.05) is 5.73 Å². The molecule has 0 aliphatic heterocycles. The topological polar surface area (TPSA) is 43.8 Å². The number of nitrogen functional groups attached to an aromatic ring is 1. The van der Waals surface area contributed by atoms with Gasteiger partial charge in [-0.25, -0.2) is 4.98 Å². The lowest BCUT2D eigenvalue weighted by Crippen LogP contribution is -2.21. The molecule has 2 N–H and O–H groups in total. The van der Waals surface area contributed by atoms with Crippen LogP contribution in [0.3, 0.4) is 0 Å². The van der Waals surface area contributed by atoms with Crippen molar-refractivity contribution in [2.24, 2.45) is 0 Å². The molecule has 0 fully saturated rings. The highest BCUT2D eigenvalue weighted by atomic mass is 15.1. The largest absolute Gasteiger partial charge is 0.399 e. The maximum Gasteiger partial charge on any atom is 0.0955 e. The maximum atomic E-state index is 5.79. The minimum Gasteiger partial charge on any atom is -0.399 e. The highest BCUT2D eigenvalue weighted by molar-refractivity contribution is 5.64. The van der Waals surface area contributed by atoms with Crippen molar-refractivity contribution in [2.45, 2.75) is 26.3 Å². The molecule has 0 aliphatic rings. The minimum absolute atomic E-state index is 0.0242. The van der Waals surface area contributed by atoms with Crippen molar-refractivity contribution >= 4 is 5.69 Å². The third kappa shape index (κ3) is 1.94. The summed E-state index contributed by atoms with van der Waals surface area (Å²) in [6.07, 6.45) is 3.73. The smallest absolute Gasteiger partial charge is 0.0955 e. The van der Waals surface area contributed by atoms with E-state index in [2.05, 4.69) is 36.4 Å². The summed E-state index contributed by atoms with van der Waals surface area (Å²) in [6.45, 7) is 6.47. The first-order valence-electron chi connectivity index (χ1n) is 5.37. The van der Waals surface area contributed by atoms with E-state index in [1.807, 2.05) is 30.7 Å². The lowest BCUT2D eigenvalue weighted by atomic mass is 10.1. The van der Waals surface area contributed by atoms with E-state index < -0.39 is 0 Å². The van der Waals surface area contributed by atoms with E-state index in [1.54, 1.807) is 0 Å². The second-order valence-electron chi connectivity index (χ2n) is 4.95. The Morgan fingerprint density at radius 1 is 1.25 bits per heavy atom. The molecule has 16 heavy (non-hydrogen) atoms. The number of rotatable bonds is 1. The molecular weight excluding hydrogens is 198 g/mol. The predicted molar refractivity (Wildman–Crippen MR) is 67.1 cm³/mol. The second-order valence-corrected chi connectivity index (χ2v) is 4.95. The molecule has 0 bridgehead atoms. The summed E-state index contributed by atoms with van der Waals surface area (Å²) < 4.78 is 2.15. The van der Waals surface area contributed by atoms with Crippen molar-refractivity contribution in [1.82, 2.24) is 9.55 Å². The molecule has 0 saturated carbocycles. The van der Waals surface area contributed by atoms with Gasteiger partial charge < -0.3 is 10.3 Å². The number of anilines is 1. The van der Waals surface area contributed by atoms with Gasteiger partial charge in [0.1, 0.15) is 0 Å². The van der Waals surface area contributed by atoms with Crippen LogP contribution >= 0.6 is 0 Å². The molecule has 0 spiro atoms. The van der Waals surface area contributed by atoms with Crippen LogP contribution in [-0.4, -0.2) is 9.55 Å². The van der Waals surface area contributed by atoms with Crippen molar-refractivity contribution in [1.29, 1.82) is 0 Å². The number of nitrogens with two attached hydrogens (primary N) is 1. The Hall–Kier alpha value is -1.77. The fourth-order valence-electron chi connectivity index (χ4n) is 1.74. The van der Waals surface area contributed by atoms with Crippen LogP contribution in [0.4, 0.5) is 5.69 Å². The molecule has 3 heteroatoms. The zero-order chi connectivity index (χ0) is 11.8. The fourth-order valence-corrected chi connectivity index (χ4v) is 1.74. The molecule has 2 rings (SSSR count). The molecule has 0 radical (unpaired) electrons. The lowest BCUT2D eigenvalue weighted by Gasteiger charge is -2.23. The van der Waals surface area contributed by atoms with Gasteiger partial charge in [-0.2, -0.15) is 0 Å². The summed E-state index contributed by atoms with van der Waals surface area (Å²) in [5.41, 5.74) is 8.80. The van der Waals surface area contributed by atoms with Crippen LogP contribution < -0.4 is 5.73 Å². The van der Waals surface area contributed by atoms with Crippen molar-refractivity contribution in [3.63, 3.8) is 0 Å². The fraction of sp³-hybridized carbons (Fsp3) is 0.308. The summed E-state index contributed by atoms with van der Waals surface area (Å²) in [4.78, 5) is 4.22. The first-order valence-corrected chi connectivity index (χ1v) is 5.37. The predicted octanol–water partition coefficient (Wildman–Crippen LogP) is 2.89. The summed E-state index contributed by atoms with van der Waals surface area (Å²) >= 11 is 0. The Bertz CT molecular complexity index is 492. The monoisotopic (exact) mass is 215 g/mol. The molecule has 0 amide bonds. The second kappa shape index (κ2) is 3.67. The molecular formula is C13H17N3. The van der Waals surface area contributed by atoms with E-state index in [1.165, 1.54) is 0 Å². The average Bonchev–Trinajstić information content (AvgIpc) is 2.65. The first-order chi connectivity index (χ1) is 7.48. The SMILES string of the molecule is CC(C)(C)n1cncc1-c1cccc(N)c1. The highest BCUT2D eigenvalue weighted by Crippen LogP contribution is 2.26. The van der Waals surface area contributed by atoms with Gasteiger partial charge in [0, 0.05) is 16.8 Å². The Morgan fingerprint density at radius 3 is 2.62 bits per heavy atom. The quantitative estimate of drug-likeness (QED) is 0.743. The van der Waals surface area contributed by atoms with Gasteiger partial charge in [0.05, 0.1) is 18.2 Å². The van der Waals surface area contributed by atoms with Crippen LogP contribution in [0.5, 0.6) is 0 Å². The third-order valence-corrected chi connectivity index (χ3v) is 2.54. The van der Waals surface area contributed by atoms with E-state index in [0.717, 1.165) is 16.9 Å². The standard InChI is InChI=1S/C13H17N3/c1-13(2,3)16-9-15-8-12(16)10-5-4-6-11(14)7-10/h4-9H,14H2,1-3H3. The van der Waals surface area contributed by atoms with Gasteiger partial charge in [0.2, 0.25) is 0 Å². The zero-order valence-corrected chi connectivity index (χ0v) is 9.94. The van der Waals surface area contributed by atoms with Gasteiger partial charge in [-0.15, -0.1) is 0 Å². The number of hydrogen-bond donors (Lipinski definition) is 1. The Balaban J connectivity index is 2.53. The van der Waals surface area contributed by atoms with Crippen LogP contribution in [-0.2, 0) is 5.54 Å². The van der Waals surface area contributed by atoms with Gasteiger partial charge in [-0.1, -0.05) is 12.1 Å². The lowest BCUT2D eigenvalue weighted by molar-refractivity contribution is 0.400. The molecule has 0 aliphatic carbocycles.